The summed E-state index contributed by atoms with van der Waals surface area (Å²) in [6, 6.07) is 9.32. The molecule has 1 aromatic carbocycles. The second kappa shape index (κ2) is 6.51. The first kappa shape index (κ1) is 15.1. The van der Waals surface area contributed by atoms with Crippen molar-refractivity contribution in [3.63, 3.8) is 0 Å². The molecule has 1 saturated heterocycles. The summed E-state index contributed by atoms with van der Waals surface area (Å²) in [6.45, 7) is 0.982. The van der Waals surface area contributed by atoms with Crippen LogP contribution in [0.1, 0.15) is 10.5 Å². The Morgan fingerprint density at radius 2 is 2.09 bits per heavy atom. The fourth-order valence-corrected chi connectivity index (χ4v) is 2.73. The molecular formula is C16H17N3O4. The molecule has 0 aliphatic carbocycles. The third-order valence-corrected chi connectivity index (χ3v) is 3.95. The first-order valence-corrected chi connectivity index (χ1v) is 7.30. The highest BCUT2D eigenvalue weighted by Gasteiger charge is 2.39. The molecule has 2 amide bonds. The lowest BCUT2D eigenvalue weighted by Gasteiger charge is -2.16. The van der Waals surface area contributed by atoms with Gasteiger partial charge in [0, 0.05) is 19.0 Å². The predicted octanol–water partition coefficient (Wildman–Crippen LogP) is 0.927. The number of aromatic nitrogens is 1. The zero-order valence-electron chi connectivity index (χ0n) is 12.4. The van der Waals surface area contributed by atoms with Crippen molar-refractivity contribution in [1.29, 1.82) is 0 Å². The van der Waals surface area contributed by atoms with Gasteiger partial charge in [-0.2, -0.15) is 0 Å². The number of nitrogens with two attached hydrogens (primary N) is 1. The minimum atomic E-state index is -0.436. The van der Waals surface area contributed by atoms with Gasteiger partial charge in [-0.3, -0.25) is 9.59 Å². The second-order valence-electron chi connectivity index (χ2n) is 5.48. The van der Waals surface area contributed by atoms with E-state index in [-0.39, 0.29) is 24.1 Å². The zero-order valence-corrected chi connectivity index (χ0v) is 12.4. The quantitative estimate of drug-likeness (QED) is 0.885. The predicted molar refractivity (Wildman–Crippen MR) is 80.5 cm³/mol. The number of nitrogens with zero attached hydrogens (tertiary/aromatic N) is 2. The van der Waals surface area contributed by atoms with Gasteiger partial charge in [0.2, 0.25) is 5.91 Å². The maximum absolute atomic E-state index is 12.3. The number of oxazole rings is 1. The molecule has 23 heavy (non-hydrogen) atoms. The Bertz CT molecular complexity index is 672. The van der Waals surface area contributed by atoms with Crippen LogP contribution in [0.5, 0.6) is 5.75 Å². The minimum Gasteiger partial charge on any atom is -0.493 e. The molecule has 0 saturated carbocycles. The number of carbonyl (C=O) groups is 2. The van der Waals surface area contributed by atoms with Crippen molar-refractivity contribution >= 4 is 11.8 Å². The molecule has 7 nitrogen and oxygen atoms in total. The number of likely N-dealkylation sites (tertiary alicyclic amines) is 1. The summed E-state index contributed by atoms with van der Waals surface area (Å²) in [6.07, 6.45) is 2.49. The van der Waals surface area contributed by atoms with Crippen LogP contribution in [0.25, 0.3) is 0 Å². The Morgan fingerprint density at radius 3 is 2.74 bits per heavy atom. The topological polar surface area (TPSA) is 98.7 Å². The van der Waals surface area contributed by atoms with Gasteiger partial charge in [0.25, 0.3) is 5.91 Å². The van der Waals surface area contributed by atoms with Gasteiger partial charge in [-0.25, -0.2) is 4.98 Å². The molecule has 120 valence electrons. The van der Waals surface area contributed by atoms with Crippen molar-refractivity contribution in [3.05, 3.63) is 48.7 Å². The monoisotopic (exact) mass is 315 g/mol. The molecule has 3 rings (SSSR count). The lowest BCUT2D eigenvalue weighted by Crippen LogP contribution is -2.33. The van der Waals surface area contributed by atoms with Crippen molar-refractivity contribution in [1.82, 2.24) is 9.88 Å². The standard InChI is InChI=1S/C16H17N3O4/c17-15(20)13-7-19(16(21)14-9-22-10-18-14)6-11(13)8-23-12-4-2-1-3-5-12/h1-5,9-11,13H,6-8H2,(H2,17,20)/t11-,13+/m0/s1. The van der Waals surface area contributed by atoms with Crippen LogP contribution in [0.2, 0.25) is 0 Å². The third kappa shape index (κ3) is 3.33. The summed E-state index contributed by atoms with van der Waals surface area (Å²) in [5.41, 5.74) is 5.69. The van der Waals surface area contributed by atoms with E-state index in [9.17, 15) is 9.59 Å². The van der Waals surface area contributed by atoms with Gasteiger partial charge >= 0.3 is 0 Å². The van der Waals surface area contributed by atoms with Crippen LogP contribution >= 0.6 is 0 Å². The Morgan fingerprint density at radius 1 is 1.30 bits per heavy atom. The Balaban J connectivity index is 1.66. The van der Waals surface area contributed by atoms with Crippen LogP contribution in [0, 0.1) is 11.8 Å². The van der Waals surface area contributed by atoms with Crippen LogP contribution in [0.15, 0.2) is 47.4 Å². The van der Waals surface area contributed by atoms with Crippen molar-refractivity contribution in [2.24, 2.45) is 17.6 Å². The van der Waals surface area contributed by atoms with E-state index in [4.69, 9.17) is 14.9 Å². The van der Waals surface area contributed by atoms with Gasteiger partial charge in [0.05, 0.1) is 12.5 Å². The molecule has 1 aromatic heterocycles. The molecule has 0 bridgehead atoms. The van der Waals surface area contributed by atoms with Gasteiger partial charge in [-0.1, -0.05) is 18.2 Å². The largest absolute Gasteiger partial charge is 0.493 e. The number of amides is 2. The highest BCUT2D eigenvalue weighted by molar-refractivity contribution is 5.92. The van der Waals surface area contributed by atoms with E-state index in [1.165, 1.54) is 12.7 Å². The summed E-state index contributed by atoms with van der Waals surface area (Å²) in [5.74, 6) is -0.565. The molecule has 2 N–H and O–H groups in total. The van der Waals surface area contributed by atoms with Crippen LogP contribution < -0.4 is 10.5 Å². The molecule has 2 aromatic rings. The van der Waals surface area contributed by atoms with E-state index in [0.717, 1.165) is 5.75 Å². The molecule has 0 radical (unpaired) electrons. The number of para-hydroxylation sites is 1. The Hall–Kier alpha value is -2.83. The smallest absolute Gasteiger partial charge is 0.275 e. The summed E-state index contributed by atoms with van der Waals surface area (Å²) in [5, 5.41) is 0. The molecule has 1 aliphatic rings. The van der Waals surface area contributed by atoms with Gasteiger partial charge in [0.15, 0.2) is 12.1 Å². The van der Waals surface area contributed by atoms with E-state index in [1.54, 1.807) is 4.90 Å². The van der Waals surface area contributed by atoms with Crippen LogP contribution in [-0.4, -0.2) is 41.4 Å². The minimum absolute atomic E-state index is 0.149. The van der Waals surface area contributed by atoms with Gasteiger partial charge in [-0.05, 0) is 12.1 Å². The molecule has 2 atom stereocenters. The summed E-state index contributed by atoms with van der Waals surface area (Å²) >= 11 is 0. The fraction of sp³-hybridized carbons (Fsp3) is 0.312. The van der Waals surface area contributed by atoms with Crippen LogP contribution in [0.3, 0.4) is 0 Å². The van der Waals surface area contributed by atoms with E-state index in [1.807, 2.05) is 30.3 Å². The fourth-order valence-electron chi connectivity index (χ4n) is 2.73. The van der Waals surface area contributed by atoms with Crippen molar-refractivity contribution in [2.75, 3.05) is 19.7 Å². The molecular weight excluding hydrogens is 298 g/mol. The van der Waals surface area contributed by atoms with Gasteiger partial charge in [0.1, 0.15) is 12.0 Å². The first-order valence-electron chi connectivity index (χ1n) is 7.30. The SMILES string of the molecule is NC(=O)[C@@H]1CN(C(=O)c2cocn2)C[C@H]1COc1ccccc1. The third-order valence-electron chi connectivity index (χ3n) is 3.95. The lowest BCUT2D eigenvalue weighted by molar-refractivity contribution is -0.122. The number of rotatable bonds is 5. The Kier molecular flexibility index (Phi) is 4.27. The number of benzene rings is 1. The highest BCUT2D eigenvalue weighted by atomic mass is 16.5. The molecule has 1 fully saturated rings. The van der Waals surface area contributed by atoms with Crippen LogP contribution in [0.4, 0.5) is 0 Å². The number of ether oxygens (including phenoxy) is 1. The molecule has 7 heteroatoms. The molecule has 1 aliphatic heterocycles. The maximum atomic E-state index is 12.3. The summed E-state index contributed by atoms with van der Waals surface area (Å²) < 4.78 is 10.5. The molecule has 2 heterocycles. The van der Waals surface area contributed by atoms with Crippen LogP contribution in [-0.2, 0) is 4.79 Å². The summed E-state index contributed by atoms with van der Waals surface area (Å²) in [7, 11) is 0. The van der Waals surface area contributed by atoms with Gasteiger partial charge < -0.3 is 19.8 Å². The van der Waals surface area contributed by atoms with Crippen molar-refractivity contribution < 1.29 is 18.7 Å². The normalized spacial score (nSPS) is 20.4. The molecule has 0 unspecified atom stereocenters. The average molecular weight is 315 g/mol. The molecule has 0 spiro atoms. The summed E-state index contributed by atoms with van der Waals surface area (Å²) in [4.78, 5) is 29.4. The highest BCUT2D eigenvalue weighted by Crippen LogP contribution is 2.25. The number of hydrogen-bond donors (Lipinski definition) is 1. The van der Waals surface area contributed by atoms with E-state index in [2.05, 4.69) is 4.98 Å². The van der Waals surface area contributed by atoms with Crippen molar-refractivity contribution in [3.8, 4) is 5.75 Å². The second-order valence-corrected chi connectivity index (χ2v) is 5.48. The Labute approximate surface area is 133 Å². The number of primary amides is 1. The lowest BCUT2D eigenvalue weighted by atomic mass is 9.96. The van der Waals surface area contributed by atoms with Gasteiger partial charge in [-0.15, -0.1) is 0 Å². The average Bonchev–Trinajstić information content (AvgIpc) is 3.23. The van der Waals surface area contributed by atoms with E-state index < -0.39 is 11.8 Å². The van der Waals surface area contributed by atoms with E-state index >= 15 is 0 Å². The number of hydrogen-bond acceptors (Lipinski definition) is 5. The van der Waals surface area contributed by atoms with E-state index in [0.29, 0.717) is 13.2 Å². The van der Waals surface area contributed by atoms with Crippen molar-refractivity contribution in [2.45, 2.75) is 0 Å². The number of carbonyl (C=O) groups excluding carboxylic acids is 2. The first-order chi connectivity index (χ1) is 11.1. The zero-order chi connectivity index (χ0) is 16.2. The maximum Gasteiger partial charge on any atom is 0.275 e.